The van der Waals surface area contributed by atoms with E-state index in [0.717, 1.165) is 14.8 Å². The van der Waals surface area contributed by atoms with Gasteiger partial charge in [0.05, 0.1) is 4.92 Å². The highest BCUT2D eigenvalue weighted by Crippen LogP contribution is 2.25. The molecule has 0 fully saturated rings. The smallest absolute Gasteiger partial charge is 0.269 e. The minimum atomic E-state index is -0.426. The number of non-ortho nitro benzene ring substituents is 1. The second-order valence-corrected chi connectivity index (χ2v) is 5.50. The van der Waals surface area contributed by atoms with Crippen LogP contribution in [0, 0.1) is 19.5 Å². The van der Waals surface area contributed by atoms with E-state index in [9.17, 15) is 14.5 Å². The first-order chi connectivity index (χ1) is 9.47. The van der Waals surface area contributed by atoms with Crippen molar-refractivity contribution in [1.82, 2.24) is 0 Å². The van der Waals surface area contributed by atoms with Gasteiger partial charge in [-0.15, -0.1) is 0 Å². The second-order valence-electron chi connectivity index (χ2n) is 4.34. The molecule has 0 saturated carbocycles. The topological polar surface area (TPSA) is 55.2 Å². The Morgan fingerprint density at radius 1 is 1.25 bits per heavy atom. The van der Waals surface area contributed by atoms with Crippen molar-refractivity contribution in [2.75, 3.05) is 5.32 Å². The summed E-state index contributed by atoms with van der Waals surface area (Å²) in [4.78, 5) is 10.2. The van der Waals surface area contributed by atoms with Crippen LogP contribution in [0.2, 0.25) is 0 Å². The lowest BCUT2D eigenvalue weighted by molar-refractivity contribution is -0.384. The number of nitro benzene ring substituents is 1. The SMILES string of the molecule is CC(Nc1ccc(F)cc1I)c1ccc([N+](=O)[O-])cc1. The molecular formula is C14H12FIN2O2. The van der Waals surface area contributed by atoms with E-state index < -0.39 is 4.92 Å². The number of nitro groups is 1. The van der Waals surface area contributed by atoms with Crippen LogP contribution >= 0.6 is 22.6 Å². The molecule has 2 aromatic carbocycles. The summed E-state index contributed by atoms with van der Waals surface area (Å²) >= 11 is 2.06. The van der Waals surface area contributed by atoms with Crippen LogP contribution in [0.15, 0.2) is 42.5 Å². The zero-order valence-corrected chi connectivity index (χ0v) is 12.8. The Morgan fingerprint density at radius 2 is 1.90 bits per heavy atom. The summed E-state index contributed by atoms with van der Waals surface area (Å²) in [7, 11) is 0. The largest absolute Gasteiger partial charge is 0.378 e. The number of benzene rings is 2. The van der Waals surface area contributed by atoms with Gasteiger partial charge in [-0.25, -0.2) is 4.39 Å². The first-order valence-electron chi connectivity index (χ1n) is 5.93. The van der Waals surface area contributed by atoms with Gasteiger partial charge in [-0.05, 0) is 53.3 Å². The molecule has 2 rings (SSSR count). The van der Waals surface area contributed by atoms with Crippen molar-refractivity contribution in [3.8, 4) is 0 Å². The predicted molar refractivity (Wildman–Crippen MR) is 84.3 cm³/mol. The van der Waals surface area contributed by atoms with E-state index in [0.29, 0.717) is 0 Å². The van der Waals surface area contributed by atoms with E-state index in [1.165, 1.54) is 24.3 Å². The number of hydrogen-bond donors (Lipinski definition) is 1. The maximum Gasteiger partial charge on any atom is 0.269 e. The van der Waals surface area contributed by atoms with Crippen molar-refractivity contribution in [3.05, 3.63) is 67.5 Å². The predicted octanol–water partition coefficient (Wildman–Crippen LogP) is 4.51. The van der Waals surface area contributed by atoms with Crippen molar-refractivity contribution in [3.63, 3.8) is 0 Å². The number of rotatable bonds is 4. The number of nitrogens with zero attached hydrogens (tertiary/aromatic N) is 1. The molecule has 0 radical (unpaired) electrons. The van der Waals surface area contributed by atoms with Gasteiger partial charge in [0.25, 0.3) is 5.69 Å². The van der Waals surface area contributed by atoms with Crippen molar-refractivity contribution in [2.45, 2.75) is 13.0 Å². The molecule has 104 valence electrons. The second kappa shape index (κ2) is 6.17. The summed E-state index contributed by atoms with van der Waals surface area (Å²) in [5, 5.41) is 13.9. The number of anilines is 1. The van der Waals surface area contributed by atoms with Crippen LogP contribution in [0.1, 0.15) is 18.5 Å². The molecule has 20 heavy (non-hydrogen) atoms. The van der Waals surface area contributed by atoms with Gasteiger partial charge in [0, 0.05) is 27.4 Å². The van der Waals surface area contributed by atoms with Crippen molar-refractivity contribution < 1.29 is 9.31 Å². The first-order valence-corrected chi connectivity index (χ1v) is 7.01. The maximum atomic E-state index is 13.0. The zero-order chi connectivity index (χ0) is 14.7. The maximum absolute atomic E-state index is 13.0. The molecule has 0 aliphatic rings. The Balaban J connectivity index is 2.15. The summed E-state index contributed by atoms with van der Waals surface area (Å²) in [6, 6.07) is 10.9. The van der Waals surface area contributed by atoms with Crippen LogP contribution in [0.5, 0.6) is 0 Å². The molecule has 0 spiro atoms. The molecule has 0 saturated heterocycles. The molecule has 1 atom stereocenters. The van der Waals surface area contributed by atoms with E-state index in [-0.39, 0.29) is 17.5 Å². The van der Waals surface area contributed by atoms with Crippen LogP contribution in [-0.4, -0.2) is 4.92 Å². The van der Waals surface area contributed by atoms with E-state index >= 15 is 0 Å². The molecule has 0 heterocycles. The summed E-state index contributed by atoms with van der Waals surface area (Å²) in [6.07, 6.45) is 0. The number of nitrogens with one attached hydrogen (secondary N) is 1. The Kier molecular flexibility index (Phi) is 4.53. The average molecular weight is 386 g/mol. The van der Waals surface area contributed by atoms with Gasteiger partial charge in [0.15, 0.2) is 0 Å². The lowest BCUT2D eigenvalue weighted by atomic mass is 10.1. The fourth-order valence-electron chi connectivity index (χ4n) is 1.81. The molecule has 0 aliphatic carbocycles. The van der Waals surface area contributed by atoms with Gasteiger partial charge >= 0.3 is 0 Å². The highest BCUT2D eigenvalue weighted by atomic mass is 127. The van der Waals surface area contributed by atoms with Crippen LogP contribution in [0.25, 0.3) is 0 Å². The molecule has 6 heteroatoms. The van der Waals surface area contributed by atoms with Crippen LogP contribution < -0.4 is 5.32 Å². The molecule has 2 aromatic rings. The van der Waals surface area contributed by atoms with Crippen molar-refractivity contribution in [2.24, 2.45) is 0 Å². The summed E-state index contributed by atoms with van der Waals surface area (Å²) in [5.74, 6) is -0.275. The van der Waals surface area contributed by atoms with Gasteiger partial charge in [-0.1, -0.05) is 12.1 Å². The van der Waals surface area contributed by atoms with E-state index in [4.69, 9.17) is 0 Å². The normalized spacial score (nSPS) is 11.9. The Bertz CT molecular complexity index is 632. The van der Waals surface area contributed by atoms with Gasteiger partial charge in [-0.3, -0.25) is 10.1 Å². The molecule has 0 bridgehead atoms. The molecule has 4 nitrogen and oxygen atoms in total. The fourth-order valence-corrected chi connectivity index (χ4v) is 2.44. The standard InChI is InChI=1S/C14H12FIN2O2/c1-9(10-2-5-12(6-3-10)18(19)20)17-14-7-4-11(15)8-13(14)16/h2-9,17H,1H3. The third-order valence-electron chi connectivity index (χ3n) is 2.91. The number of hydrogen-bond acceptors (Lipinski definition) is 3. The van der Waals surface area contributed by atoms with E-state index in [2.05, 4.69) is 27.9 Å². The Morgan fingerprint density at radius 3 is 2.45 bits per heavy atom. The summed E-state index contributed by atoms with van der Waals surface area (Å²) < 4.78 is 13.8. The molecule has 0 amide bonds. The fraction of sp³-hybridized carbons (Fsp3) is 0.143. The minimum Gasteiger partial charge on any atom is -0.378 e. The number of halogens is 2. The summed E-state index contributed by atoms with van der Waals surface area (Å²) in [5.41, 5.74) is 1.82. The third-order valence-corrected chi connectivity index (χ3v) is 3.80. The monoisotopic (exact) mass is 386 g/mol. The molecule has 1 N–H and O–H groups in total. The molecule has 1 unspecified atom stereocenters. The van der Waals surface area contributed by atoms with Gasteiger partial charge in [0.2, 0.25) is 0 Å². The summed E-state index contributed by atoms with van der Waals surface area (Å²) in [6.45, 7) is 1.95. The Hall–Kier alpha value is -1.70. The van der Waals surface area contributed by atoms with Crippen molar-refractivity contribution >= 4 is 34.0 Å². The average Bonchev–Trinajstić information content (AvgIpc) is 2.42. The highest BCUT2D eigenvalue weighted by molar-refractivity contribution is 14.1. The quantitative estimate of drug-likeness (QED) is 0.478. The lowest BCUT2D eigenvalue weighted by Gasteiger charge is -2.16. The van der Waals surface area contributed by atoms with E-state index in [1.54, 1.807) is 18.2 Å². The molecule has 0 aromatic heterocycles. The van der Waals surface area contributed by atoms with Gasteiger partial charge < -0.3 is 5.32 Å². The zero-order valence-electron chi connectivity index (χ0n) is 10.6. The van der Waals surface area contributed by atoms with E-state index in [1.807, 2.05) is 6.92 Å². The Labute approximate surface area is 129 Å². The highest BCUT2D eigenvalue weighted by Gasteiger charge is 2.10. The van der Waals surface area contributed by atoms with Gasteiger partial charge in [-0.2, -0.15) is 0 Å². The van der Waals surface area contributed by atoms with Crippen LogP contribution in [0.3, 0.4) is 0 Å². The van der Waals surface area contributed by atoms with Crippen LogP contribution in [0.4, 0.5) is 15.8 Å². The van der Waals surface area contributed by atoms with Crippen LogP contribution in [-0.2, 0) is 0 Å². The molecule has 0 aliphatic heterocycles. The first kappa shape index (κ1) is 14.7. The van der Waals surface area contributed by atoms with Crippen molar-refractivity contribution in [1.29, 1.82) is 0 Å². The third kappa shape index (κ3) is 3.44. The molecular weight excluding hydrogens is 374 g/mol. The minimum absolute atomic E-state index is 0.0326. The lowest BCUT2D eigenvalue weighted by Crippen LogP contribution is -2.07. The van der Waals surface area contributed by atoms with Gasteiger partial charge in [0.1, 0.15) is 5.82 Å².